The van der Waals surface area contributed by atoms with Crippen LogP contribution < -0.4 is 0 Å². The van der Waals surface area contributed by atoms with Gasteiger partial charge in [-0.25, -0.2) is 4.98 Å². The van der Waals surface area contributed by atoms with Crippen LogP contribution in [0.5, 0.6) is 0 Å². The predicted octanol–water partition coefficient (Wildman–Crippen LogP) is 8.31. The molecule has 7 heteroatoms. The summed E-state index contributed by atoms with van der Waals surface area (Å²) < 4.78 is 0. The van der Waals surface area contributed by atoms with E-state index in [0.717, 1.165) is 40.8 Å². The zero-order chi connectivity index (χ0) is 20.1. The summed E-state index contributed by atoms with van der Waals surface area (Å²) >= 11 is 17.0. The molecule has 4 aromatic rings. The molecule has 0 spiro atoms. The molecule has 1 aromatic heterocycles. The molecule has 4 rings (SSSR count). The van der Waals surface area contributed by atoms with Crippen LogP contribution >= 0.6 is 58.5 Å². The molecule has 3 aromatic carbocycles. The number of benzene rings is 3. The standard InChI is InChI=1S/C22H16Cl2N2S3/c23-16-6-10-18(11-7-16)28-20-21(29-19-12-8-17(24)9-13-19)26-22(25-20)27-14-15-4-2-1-3-5-15/h1-13H,14H2,(H,25,26). The normalized spacial score (nSPS) is 11.0. The van der Waals surface area contributed by atoms with Crippen LogP contribution in [0.2, 0.25) is 10.0 Å². The molecular formula is C22H16Cl2N2S3. The molecule has 0 fully saturated rings. The van der Waals surface area contributed by atoms with Crippen LogP contribution in [0.1, 0.15) is 5.56 Å². The summed E-state index contributed by atoms with van der Waals surface area (Å²) in [6, 6.07) is 26.0. The minimum atomic E-state index is 0.728. The van der Waals surface area contributed by atoms with Gasteiger partial charge in [0.25, 0.3) is 0 Å². The smallest absolute Gasteiger partial charge is 0.167 e. The van der Waals surface area contributed by atoms with Crippen molar-refractivity contribution in [2.45, 2.75) is 30.8 Å². The summed E-state index contributed by atoms with van der Waals surface area (Å²) in [5.74, 6) is 0.866. The fourth-order valence-corrected chi connectivity index (χ4v) is 5.50. The Morgan fingerprint density at radius 1 is 0.724 bits per heavy atom. The van der Waals surface area contributed by atoms with Gasteiger partial charge in [0.1, 0.15) is 10.1 Å². The van der Waals surface area contributed by atoms with E-state index in [-0.39, 0.29) is 0 Å². The molecule has 0 aliphatic rings. The van der Waals surface area contributed by atoms with Crippen molar-refractivity contribution in [3.8, 4) is 0 Å². The Bertz CT molecular complexity index is 1000. The SMILES string of the molecule is Clc1ccc(Sc2nc(SCc3ccccc3)[nH]c2Sc2ccc(Cl)cc2)cc1. The van der Waals surface area contributed by atoms with E-state index in [4.69, 9.17) is 28.2 Å². The zero-order valence-electron chi connectivity index (χ0n) is 15.1. The van der Waals surface area contributed by atoms with Gasteiger partial charge in [0.2, 0.25) is 0 Å². The maximum absolute atomic E-state index is 6.02. The molecule has 0 aliphatic heterocycles. The van der Waals surface area contributed by atoms with Crippen molar-refractivity contribution in [3.05, 3.63) is 94.5 Å². The van der Waals surface area contributed by atoms with Crippen molar-refractivity contribution in [2.24, 2.45) is 0 Å². The third-order valence-corrected chi connectivity index (χ3v) is 7.48. The van der Waals surface area contributed by atoms with Gasteiger partial charge in [0, 0.05) is 25.6 Å². The lowest BCUT2D eigenvalue weighted by molar-refractivity contribution is 1.01. The summed E-state index contributed by atoms with van der Waals surface area (Å²) in [7, 11) is 0. The largest absolute Gasteiger partial charge is 0.327 e. The fraction of sp³-hybridized carbons (Fsp3) is 0.0455. The number of hydrogen-bond donors (Lipinski definition) is 1. The van der Waals surface area contributed by atoms with Crippen molar-refractivity contribution < 1.29 is 0 Å². The third kappa shape index (κ3) is 6.00. The van der Waals surface area contributed by atoms with Gasteiger partial charge in [-0.2, -0.15) is 0 Å². The van der Waals surface area contributed by atoms with Gasteiger partial charge in [0.15, 0.2) is 5.16 Å². The van der Waals surface area contributed by atoms with Crippen molar-refractivity contribution >= 4 is 58.5 Å². The quantitative estimate of drug-likeness (QED) is 0.272. The molecule has 0 unspecified atom stereocenters. The molecular weight excluding hydrogens is 459 g/mol. The second kappa shape index (κ2) is 10.0. The summed E-state index contributed by atoms with van der Waals surface area (Å²) in [5, 5.41) is 4.33. The summed E-state index contributed by atoms with van der Waals surface area (Å²) in [6.45, 7) is 0. The highest BCUT2D eigenvalue weighted by molar-refractivity contribution is 8.02. The molecule has 29 heavy (non-hydrogen) atoms. The average Bonchev–Trinajstić information content (AvgIpc) is 3.12. The van der Waals surface area contributed by atoms with Gasteiger partial charge in [-0.1, -0.05) is 88.8 Å². The lowest BCUT2D eigenvalue weighted by Crippen LogP contribution is -1.81. The lowest BCUT2D eigenvalue weighted by Gasteiger charge is -2.03. The van der Waals surface area contributed by atoms with Gasteiger partial charge in [0.05, 0.1) is 0 Å². The van der Waals surface area contributed by atoms with Crippen LogP contribution in [0, 0.1) is 0 Å². The van der Waals surface area contributed by atoms with Crippen LogP contribution in [0.15, 0.2) is 104 Å². The first kappa shape index (κ1) is 20.8. The van der Waals surface area contributed by atoms with Crippen LogP contribution in [0.3, 0.4) is 0 Å². The maximum Gasteiger partial charge on any atom is 0.167 e. The number of rotatable bonds is 7. The van der Waals surface area contributed by atoms with Gasteiger partial charge < -0.3 is 4.98 Å². The average molecular weight is 475 g/mol. The monoisotopic (exact) mass is 474 g/mol. The van der Waals surface area contributed by atoms with Crippen molar-refractivity contribution in [1.82, 2.24) is 9.97 Å². The number of hydrogen-bond acceptors (Lipinski definition) is 4. The number of aromatic nitrogens is 2. The number of halogens is 2. The van der Waals surface area contributed by atoms with E-state index in [1.165, 1.54) is 5.56 Å². The molecule has 146 valence electrons. The molecule has 0 atom stereocenters. The van der Waals surface area contributed by atoms with Gasteiger partial charge in [-0.15, -0.1) is 0 Å². The van der Waals surface area contributed by atoms with Crippen molar-refractivity contribution in [3.63, 3.8) is 0 Å². The minimum absolute atomic E-state index is 0.728. The van der Waals surface area contributed by atoms with Gasteiger partial charge >= 0.3 is 0 Å². The summed E-state index contributed by atoms with van der Waals surface area (Å²) in [4.78, 5) is 10.5. The topological polar surface area (TPSA) is 28.7 Å². The number of imidazole rings is 1. The minimum Gasteiger partial charge on any atom is -0.327 e. The molecule has 1 heterocycles. The van der Waals surface area contributed by atoms with E-state index in [9.17, 15) is 0 Å². The van der Waals surface area contributed by atoms with Crippen molar-refractivity contribution in [2.75, 3.05) is 0 Å². The van der Waals surface area contributed by atoms with E-state index < -0.39 is 0 Å². The molecule has 0 aliphatic carbocycles. The van der Waals surface area contributed by atoms with Gasteiger partial charge in [-0.05, 0) is 54.1 Å². The Labute approximate surface area is 192 Å². The Morgan fingerprint density at radius 2 is 1.31 bits per heavy atom. The molecule has 0 saturated heterocycles. The van der Waals surface area contributed by atoms with Gasteiger partial charge in [-0.3, -0.25) is 0 Å². The molecule has 0 amide bonds. The number of aromatic amines is 1. The second-order valence-corrected chi connectivity index (χ2v) is 10.0. The Hall–Kier alpha value is -1.50. The molecule has 0 radical (unpaired) electrons. The van der Waals surface area contributed by atoms with E-state index >= 15 is 0 Å². The molecule has 2 nitrogen and oxygen atoms in total. The Balaban J connectivity index is 1.56. The first-order valence-electron chi connectivity index (χ1n) is 8.79. The highest BCUT2D eigenvalue weighted by Gasteiger charge is 2.14. The number of H-pyrrole nitrogens is 1. The molecule has 0 bridgehead atoms. The van der Waals surface area contributed by atoms with Crippen LogP contribution in [0.25, 0.3) is 0 Å². The Morgan fingerprint density at radius 3 is 1.93 bits per heavy atom. The predicted molar refractivity (Wildman–Crippen MR) is 126 cm³/mol. The third-order valence-electron chi connectivity index (χ3n) is 3.90. The number of nitrogens with zero attached hydrogens (tertiary/aromatic N) is 1. The second-order valence-electron chi connectivity index (χ2n) is 6.06. The van der Waals surface area contributed by atoms with E-state index in [1.54, 1.807) is 35.3 Å². The zero-order valence-corrected chi connectivity index (χ0v) is 19.1. The highest BCUT2D eigenvalue weighted by Crippen LogP contribution is 2.39. The number of nitrogens with one attached hydrogen (secondary N) is 1. The Kier molecular flexibility index (Phi) is 7.16. The van der Waals surface area contributed by atoms with Crippen LogP contribution in [-0.2, 0) is 5.75 Å². The molecule has 0 saturated carbocycles. The molecule has 1 N–H and O–H groups in total. The fourth-order valence-electron chi connectivity index (χ4n) is 2.49. The van der Waals surface area contributed by atoms with E-state index in [1.807, 2.05) is 54.6 Å². The van der Waals surface area contributed by atoms with E-state index in [2.05, 4.69) is 29.2 Å². The van der Waals surface area contributed by atoms with E-state index in [0.29, 0.717) is 0 Å². The number of thioether (sulfide) groups is 1. The lowest BCUT2D eigenvalue weighted by atomic mass is 10.2. The van der Waals surface area contributed by atoms with Crippen LogP contribution in [-0.4, -0.2) is 9.97 Å². The highest BCUT2D eigenvalue weighted by atomic mass is 35.5. The van der Waals surface area contributed by atoms with Crippen LogP contribution in [0.4, 0.5) is 0 Å². The van der Waals surface area contributed by atoms with Crippen molar-refractivity contribution in [1.29, 1.82) is 0 Å². The maximum atomic E-state index is 6.02. The first-order valence-corrected chi connectivity index (χ1v) is 12.2. The summed E-state index contributed by atoms with van der Waals surface area (Å²) in [6.07, 6.45) is 0. The first-order chi connectivity index (χ1) is 14.2. The summed E-state index contributed by atoms with van der Waals surface area (Å²) in [5.41, 5.74) is 1.27.